The van der Waals surface area contributed by atoms with Gasteiger partial charge in [-0.3, -0.25) is 0 Å². The summed E-state index contributed by atoms with van der Waals surface area (Å²) in [4.78, 5) is 0. The Balaban J connectivity index is 1.49. The molecule has 1 N–H and O–H groups in total. The molecule has 0 heterocycles. The van der Waals surface area contributed by atoms with E-state index >= 15 is 0 Å². The number of aliphatic hydroxyl groups excluding tert-OH is 1. The first-order chi connectivity index (χ1) is 14.2. The first-order valence-electron chi connectivity index (χ1n) is 13.2. The van der Waals surface area contributed by atoms with Gasteiger partial charge in [-0.2, -0.15) is 0 Å². The zero-order valence-corrected chi connectivity index (χ0v) is 20.6. The fourth-order valence-corrected chi connectivity index (χ4v) is 8.93. The zero-order chi connectivity index (χ0) is 21.7. The van der Waals surface area contributed by atoms with Crippen LogP contribution in [0.1, 0.15) is 105 Å². The Kier molecular flexibility index (Phi) is 6.35. The van der Waals surface area contributed by atoms with E-state index in [1.165, 1.54) is 63.4 Å². The lowest BCUT2D eigenvalue weighted by atomic mass is 9.47. The normalized spacial score (nSPS) is 45.0. The van der Waals surface area contributed by atoms with Crippen molar-refractivity contribution >= 4 is 0 Å². The summed E-state index contributed by atoms with van der Waals surface area (Å²) in [5.74, 6) is 4.78. The molecule has 0 radical (unpaired) electrons. The molecule has 9 atom stereocenters. The van der Waals surface area contributed by atoms with Crippen LogP contribution in [0.25, 0.3) is 0 Å². The van der Waals surface area contributed by atoms with Crippen molar-refractivity contribution in [2.24, 2.45) is 46.3 Å². The summed E-state index contributed by atoms with van der Waals surface area (Å²) >= 11 is 0. The Labute approximate surface area is 186 Å². The van der Waals surface area contributed by atoms with Crippen molar-refractivity contribution in [3.63, 3.8) is 0 Å². The molecule has 0 saturated heterocycles. The lowest BCUT2D eigenvalue weighted by Crippen LogP contribution is -2.49. The zero-order valence-electron chi connectivity index (χ0n) is 20.6. The Morgan fingerprint density at radius 1 is 1.10 bits per heavy atom. The Hall–Kier alpha value is -0.560. The van der Waals surface area contributed by atoms with E-state index in [0.717, 1.165) is 36.5 Å². The van der Waals surface area contributed by atoms with E-state index in [2.05, 4.69) is 47.3 Å². The van der Waals surface area contributed by atoms with E-state index in [4.69, 9.17) is 0 Å². The first kappa shape index (κ1) is 22.6. The molecule has 0 unspecified atom stereocenters. The summed E-state index contributed by atoms with van der Waals surface area (Å²) in [5, 5.41) is 10.3. The van der Waals surface area contributed by atoms with Crippen LogP contribution in [0.3, 0.4) is 0 Å². The van der Waals surface area contributed by atoms with Crippen LogP contribution < -0.4 is 0 Å². The van der Waals surface area contributed by atoms with Crippen LogP contribution in [-0.2, 0) is 0 Å². The highest BCUT2D eigenvalue weighted by Crippen LogP contribution is 2.67. The second-order valence-corrected chi connectivity index (χ2v) is 12.4. The summed E-state index contributed by atoms with van der Waals surface area (Å²) in [6.07, 6.45) is 16.8. The lowest BCUT2D eigenvalue weighted by Gasteiger charge is -2.57. The van der Waals surface area contributed by atoms with Gasteiger partial charge in [-0.1, -0.05) is 51.5 Å². The molecule has 1 nitrogen and oxygen atoms in total. The SMILES string of the molecule is C=C(C)[C@H](CC)CC[C@@H](C)[C@H]1CC[C@H]2C3=CC[C@H]4C[C@H](O)CC[C@]4(C)[C@H]3CC[C@]12C. The molecule has 0 aromatic carbocycles. The molecule has 0 amide bonds. The largest absolute Gasteiger partial charge is 0.393 e. The highest BCUT2D eigenvalue weighted by Gasteiger charge is 2.58. The predicted octanol–water partition coefficient (Wildman–Crippen LogP) is 7.94. The van der Waals surface area contributed by atoms with E-state index in [1.807, 2.05) is 5.57 Å². The molecule has 1 heteroatoms. The van der Waals surface area contributed by atoms with Crippen molar-refractivity contribution < 1.29 is 5.11 Å². The number of fused-ring (bicyclic) bond motifs is 5. The molecule has 30 heavy (non-hydrogen) atoms. The Bertz CT molecular complexity index is 676. The van der Waals surface area contributed by atoms with Crippen molar-refractivity contribution in [2.45, 2.75) is 111 Å². The monoisotopic (exact) mass is 412 g/mol. The number of hydrogen-bond donors (Lipinski definition) is 1. The van der Waals surface area contributed by atoms with Gasteiger partial charge in [0.1, 0.15) is 0 Å². The van der Waals surface area contributed by atoms with Gasteiger partial charge in [0.25, 0.3) is 0 Å². The minimum Gasteiger partial charge on any atom is -0.393 e. The number of aliphatic hydroxyl groups is 1. The highest BCUT2D eigenvalue weighted by molar-refractivity contribution is 5.27. The molecule has 4 aliphatic carbocycles. The molecule has 0 aromatic rings. The summed E-state index contributed by atoms with van der Waals surface area (Å²) in [5.41, 5.74) is 4.21. The average molecular weight is 413 g/mol. The molecule has 0 bridgehead atoms. The van der Waals surface area contributed by atoms with Crippen LogP contribution in [0.2, 0.25) is 0 Å². The van der Waals surface area contributed by atoms with E-state index in [1.54, 1.807) is 0 Å². The Morgan fingerprint density at radius 2 is 1.80 bits per heavy atom. The second kappa shape index (κ2) is 8.42. The highest BCUT2D eigenvalue weighted by atomic mass is 16.3. The lowest BCUT2D eigenvalue weighted by molar-refractivity contribution is -0.0428. The van der Waals surface area contributed by atoms with E-state index in [0.29, 0.717) is 22.7 Å². The van der Waals surface area contributed by atoms with Crippen molar-refractivity contribution in [1.82, 2.24) is 0 Å². The van der Waals surface area contributed by atoms with Crippen molar-refractivity contribution in [3.05, 3.63) is 23.8 Å². The van der Waals surface area contributed by atoms with Crippen molar-refractivity contribution in [1.29, 1.82) is 0 Å². The Morgan fingerprint density at radius 3 is 2.50 bits per heavy atom. The molecule has 4 rings (SSSR count). The molecule has 3 saturated carbocycles. The van der Waals surface area contributed by atoms with Crippen molar-refractivity contribution in [3.8, 4) is 0 Å². The molecular weight excluding hydrogens is 364 g/mol. The molecule has 0 aromatic heterocycles. The van der Waals surface area contributed by atoms with Crippen LogP contribution >= 0.6 is 0 Å². The van der Waals surface area contributed by atoms with Crippen LogP contribution in [0.15, 0.2) is 23.8 Å². The third-order valence-electron chi connectivity index (χ3n) is 11.0. The number of allylic oxidation sites excluding steroid dienone is 3. The second-order valence-electron chi connectivity index (χ2n) is 12.4. The molecule has 0 spiro atoms. The smallest absolute Gasteiger partial charge is 0.0543 e. The molecule has 4 aliphatic rings. The number of rotatable bonds is 6. The minimum atomic E-state index is -0.0465. The van der Waals surface area contributed by atoms with Crippen LogP contribution in [0.5, 0.6) is 0 Å². The fourth-order valence-electron chi connectivity index (χ4n) is 8.93. The summed E-state index contributed by atoms with van der Waals surface area (Å²) in [6, 6.07) is 0. The third-order valence-corrected chi connectivity index (χ3v) is 11.0. The molecule has 0 aliphatic heterocycles. The quantitative estimate of drug-likeness (QED) is 0.439. The van der Waals surface area contributed by atoms with Gasteiger partial charge in [0.2, 0.25) is 0 Å². The van der Waals surface area contributed by atoms with E-state index in [-0.39, 0.29) is 6.10 Å². The maximum atomic E-state index is 10.3. The van der Waals surface area contributed by atoms with Crippen LogP contribution in [0, 0.1) is 46.3 Å². The standard InChI is InChI=1S/C29H48O/c1-7-21(19(2)3)9-8-20(4)25-12-13-26-24-11-10-22-18-23(30)14-16-28(22,5)27(24)15-17-29(25,26)6/h11,20-23,25-27,30H,2,7-10,12-18H2,1,3-6H3/t20-,21-,22+,23-,25-,26+,27+,28+,29-/m1/s1. The van der Waals surface area contributed by atoms with Gasteiger partial charge >= 0.3 is 0 Å². The topological polar surface area (TPSA) is 20.2 Å². The van der Waals surface area contributed by atoms with Crippen molar-refractivity contribution in [2.75, 3.05) is 0 Å². The van der Waals surface area contributed by atoms with Gasteiger partial charge in [0.15, 0.2) is 0 Å². The van der Waals surface area contributed by atoms with Crippen LogP contribution in [-0.4, -0.2) is 11.2 Å². The summed E-state index contributed by atoms with van der Waals surface area (Å²) in [7, 11) is 0. The molecule has 3 fully saturated rings. The summed E-state index contributed by atoms with van der Waals surface area (Å²) < 4.78 is 0. The van der Waals surface area contributed by atoms with Gasteiger partial charge < -0.3 is 5.11 Å². The average Bonchev–Trinajstić information content (AvgIpc) is 3.06. The van der Waals surface area contributed by atoms with Gasteiger partial charge in [0.05, 0.1) is 6.10 Å². The van der Waals surface area contributed by atoms with Gasteiger partial charge in [0, 0.05) is 0 Å². The maximum Gasteiger partial charge on any atom is 0.0543 e. The third kappa shape index (κ3) is 3.66. The molecular formula is C29H48O. The predicted molar refractivity (Wildman–Crippen MR) is 128 cm³/mol. The summed E-state index contributed by atoms with van der Waals surface area (Å²) in [6.45, 7) is 16.6. The maximum absolute atomic E-state index is 10.3. The number of hydrogen-bond acceptors (Lipinski definition) is 1. The van der Waals surface area contributed by atoms with E-state index in [9.17, 15) is 5.11 Å². The fraction of sp³-hybridized carbons (Fsp3) is 0.862. The first-order valence-corrected chi connectivity index (χ1v) is 13.2. The van der Waals surface area contributed by atoms with Gasteiger partial charge in [-0.05, 0) is 124 Å². The molecule has 170 valence electrons. The van der Waals surface area contributed by atoms with Crippen LogP contribution in [0.4, 0.5) is 0 Å². The van der Waals surface area contributed by atoms with E-state index < -0.39 is 0 Å². The van der Waals surface area contributed by atoms with Gasteiger partial charge in [-0.15, -0.1) is 0 Å². The van der Waals surface area contributed by atoms with Gasteiger partial charge in [-0.25, -0.2) is 0 Å². The minimum absolute atomic E-state index is 0.0465.